The number of hydrazone groups is 1. The molecule has 7 heteroatoms. The van der Waals surface area contributed by atoms with Gasteiger partial charge in [0, 0.05) is 11.9 Å². The molecule has 0 aliphatic carbocycles. The number of nitrogens with zero attached hydrogens (tertiary/aromatic N) is 2. The predicted octanol–water partition coefficient (Wildman–Crippen LogP) is 4.58. The number of amides is 1. The fraction of sp³-hybridized carbons (Fsp3) is 0.292. The van der Waals surface area contributed by atoms with Gasteiger partial charge in [-0.1, -0.05) is 56.9 Å². The van der Waals surface area contributed by atoms with Crippen molar-refractivity contribution >= 4 is 23.0 Å². The molecule has 0 atom stereocenters. The van der Waals surface area contributed by atoms with Crippen LogP contribution in [0, 0.1) is 5.82 Å². The number of pyridine rings is 1. The molecular formula is C24H26FN3O3. The van der Waals surface area contributed by atoms with Crippen molar-refractivity contribution in [3.05, 3.63) is 75.8 Å². The number of unbranched alkanes of at least 4 members (excludes halogenated alkanes) is 4. The monoisotopic (exact) mass is 423 g/mol. The van der Waals surface area contributed by atoms with Gasteiger partial charge in [0.1, 0.15) is 17.1 Å². The smallest absolute Gasteiger partial charge is 0.280 e. The molecule has 1 amide bonds. The normalized spacial score (nSPS) is 11.3. The molecule has 0 aliphatic rings. The Morgan fingerprint density at radius 2 is 1.81 bits per heavy atom. The second kappa shape index (κ2) is 10.5. The van der Waals surface area contributed by atoms with E-state index < -0.39 is 11.5 Å². The number of aryl methyl sites for hydroxylation is 1. The van der Waals surface area contributed by atoms with Gasteiger partial charge in [-0.15, -0.1) is 0 Å². The summed E-state index contributed by atoms with van der Waals surface area (Å²) >= 11 is 0. The zero-order valence-electron chi connectivity index (χ0n) is 17.5. The number of aromatic nitrogens is 1. The maximum atomic E-state index is 13.1. The first-order valence-electron chi connectivity index (χ1n) is 10.5. The van der Waals surface area contributed by atoms with Gasteiger partial charge in [0.2, 0.25) is 0 Å². The summed E-state index contributed by atoms with van der Waals surface area (Å²) in [4.78, 5) is 25.8. The van der Waals surface area contributed by atoms with Crippen LogP contribution in [-0.4, -0.2) is 21.8 Å². The summed E-state index contributed by atoms with van der Waals surface area (Å²) in [6.07, 6.45) is 6.49. The molecule has 0 saturated heterocycles. The summed E-state index contributed by atoms with van der Waals surface area (Å²) in [6.45, 7) is 2.60. The molecule has 0 bridgehead atoms. The number of carbonyl (C=O) groups is 1. The van der Waals surface area contributed by atoms with Crippen LogP contribution >= 0.6 is 0 Å². The van der Waals surface area contributed by atoms with Crippen molar-refractivity contribution in [2.75, 3.05) is 0 Å². The highest BCUT2D eigenvalue weighted by atomic mass is 19.1. The maximum absolute atomic E-state index is 13.1. The van der Waals surface area contributed by atoms with Crippen molar-refractivity contribution in [3.8, 4) is 5.75 Å². The number of aromatic hydroxyl groups is 1. The molecular weight excluding hydrogens is 397 g/mol. The molecule has 0 aliphatic heterocycles. The fourth-order valence-corrected chi connectivity index (χ4v) is 3.46. The van der Waals surface area contributed by atoms with Gasteiger partial charge in [-0.05, 0) is 36.2 Å². The fourth-order valence-electron chi connectivity index (χ4n) is 3.46. The van der Waals surface area contributed by atoms with Crippen LogP contribution in [0.2, 0.25) is 0 Å². The Morgan fingerprint density at radius 1 is 1.10 bits per heavy atom. The second-order valence-corrected chi connectivity index (χ2v) is 7.36. The number of hydrogen-bond acceptors (Lipinski definition) is 4. The van der Waals surface area contributed by atoms with Gasteiger partial charge < -0.3 is 9.67 Å². The van der Waals surface area contributed by atoms with Gasteiger partial charge in [0.05, 0.1) is 11.7 Å². The molecule has 0 radical (unpaired) electrons. The van der Waals surface area contributed by atoms with Crippen LogP contribution in [0.1, 0.15) is 54.9 Å². The SMILES string of the molecule is CCCCCCCn1c(=O)c(C(=O)N/N=C\c2ccc(F)cc2)c(O)c2ccccc21. The standard InChI is InChI=1S/C24H26FN3O3/c1-2-3-4-5-8-15-28-20-10-7-6-9-19(20)22(29)21(24(28)31)23(30)27-26-16-17-11-13-18(25)14-12-17/h6-7,9-14,16,29H,2-5,8,15H2,1H3,(H,27,30)/b26-16-. The number of fused-ring (bicyclic) bond motifs is 1. The van der Waals surface area contributed by atoms with Crippen LogP contribution in [-0.2, 0) is 6.54 Å². The van der Waals surface area contributed by atoms with E-state index in [1.54, 1.807) is 28.8 Å². The lowest BCUT2D eigenvalue weighted by molar-refractivity contribution is 0.0950. The molecule has 0 fully saturated rings. The van der Waals surface area contributed by atoms with Crippen molar-refractivity contribution in [2.45, 2.75) is 45.6 Å². The van der Waals surface area contributed by atoms with Gasteiger partial charge in [-0.25, -0.2) is 9.82 Å². The minimum Gasteiger partial charge on any atom is -0.506 e. The van der Waals surface area contributed by atoms with Crippen LogP contribution in [0.3, 0.4) is 0 Å². The molecule has 6 nitrogen and oxygen atoms in total. The molecule has 0 spiro atoms. The Hall–Kier alpha value is -3.48. The zero-order chi connectivity index (χ0) is 22.2. The lowest BCUT2D eigenvalue weighted by atomic mass is 10.1. The van der Waals surface area contributed by atoms with Gasteiger partial charge >= 0.3 is 0 Å². The summed E-state index contributed by atoms with van der Waals surface area (Å²) < 4.78 is 14.5. The molecule has 2 N–H and O–H groups in total. The molecule has 2 aromatic carbocycles. The van der Waals surface area contributed by atoms with Crippen LogP contribution in [0.15, 0.2) is 58.4 Å². The minimum atomic E-state index is -0.800. The quantitative estimate of drug-likeness (QED) is 0.300. The first kappa shape index (κ1) is 22.2. The summed E-state index contributed by atoms with van der Waals surface area (Å²) in [6, 6.07) is 12.5. The number of hydrogen-bond donors (Lipinski definition) is 2. The molecule has 162 valence electrons. The minimum absolute atomic E-state index is 0.344. The van der Waals surface area contributed by atoms with Crippen molar-refractivity contribution in [1.82, 2.24) is 9.99 Å². The van der Waals surface area contributed by atoms with E-state index >= 15 is 0 Å². The Morgan fingerprint density at radius 3 is 2.55 bits per heavy atom. The summed E-state index contributed by atoms with van der Waals surface area (Å²) in [5, 5.41) is 14.9. The molecule has 3 rings (SSSR count). The van der Waals surface area contributed by atoms with Crippen molar-refractivity contribution in [3.63, 3.8) is 0 Å². The Bertz CT molecular complexity index is 1140. The highest BCUT2D eigenvalue weighted by Gasteiger charge is 2.21. The van der Waals surface area contributed by atoms with Crippen molar-refractivity contribution in [2.24, 2.45) is 5.10 Å². The number of nitrogens with one attached hydrogen (secondary N) is 1. The lowest BCUT2D eigenvalue weighted by Gasteiger charge is -2.14. The van der Waals surface area contributed by atoms with E-state index in [2.05, 4.69) is 17.5 Å². The van der Waals surface area contributed by atoms with Crippen LogP contribution in [0.25, 0.3) is 10.9 Å². The number of halogens is 1. The topological polar surface area (TPSA) is 83.7 Å². The maximum Gasteiger partial charge on any atom is 0.280 e. The Balaban J connectivity index is 1.87. The van der Waals surface area contributed by atoms with Crippen molar-refractivity contribution < 1.29 is 14.3 Å². The van der Waals surface area contributed by atoms with E-state index in [1.807, 2.05) is 0 Å². The number of benzene rings is 2. The molecule has 3 aromatic rings. The first-order valence-corrected chi connectivity index (χ1v) is 10.5. The summed E-state index contributed by atoms with van der Waals surface area (Å²) in [7, 11) is 0. The zero-order valence-corrected chi connectivity index (χ0v) is 17.5. The highest BCUT2D eigenvalue weighted by molar-refractivity contribution is 6.02. The lowest BCUT2D eigenvalue weighted by Crippen LogP contribution is -2.31. The third-order valence-electron chi connectivity index (χ3n) is 5.11. The molecule has 1 heterocycles. The van der Waals surface area contributed by atoms with E-state index in [0.29, 0.717) is 23.0 Å². The van der Waals surface area contributed by atoms with Gasteiger partial charge in [0.25, 0.3) is 11.5 Å². The van der Waals surface area contributed by atoms with Gasteiger partial charge in [0.15, 0.2) is 0 Å². The van der Waals surface area contributed by atoms with Crippen molar-refractivity contribution in [1.29, 1.82) is 0 Å². The number of rotatable bonds is 9. The van der Waals surface area contributed by atoms with E-state index in [1.165, 1.54) is 30.5 Å². The Labute approximate surface area is 180 Å². The van der Waals surface area contributed by atoms with E-state index in [-0.39, 0.29) is 17.1 Å². The van der Waals surface area contributed by atoms with Crippen LogP contribution < -0.4 is 11.0 Å². The summed E-state index contributed by atoms with van der Waals surface area (Å²) in [5.41, 5.74) is 2.55. The van der Waals surface area contributed by atoms with E-state index in [9.17, 15) is 19.1 Å². The Kier molecular flexibility index (Phi) is 7.54. The van der Waals surface area contributed by atoms with E-state index in [4.69, 9.17) is 0 Å². The molecule has 0 saturated carbocycles. The predicted molar refractivity (Wildman–Crippen MR) is 120 cm³/mol. The third-order valence-corrected chi connectivity index (χ3v) is 5.11. The average Bonchev–Trinajstić information content (AvgIpc) is 2.77. The number of para-hydroxylation sites is 1. The molecule has 0 unspecified atom stereocenters. The summed E-state index contributed by atoms with van der Waals surface area (Å²) in [5.74, 6) is -1.54. The molecule has 1 aromatic heterocycles. The first-order chi connectivity index (χ1) is 15.0. The van der Waals surface area contributed by atoms with E-state index in [0.717, 1.165) is 32.1 Å². The highest BCUT2D eigenvalue weighted by Crippen LogP contribution is 2.26. The van der Waals surface area contributed by atoms with Gasteiger partial charge in [-0.3, -0.25) is 9.59 Å². The second-order valence-electron chi connectivity index (χ2n) is 7.36. The average molecular weight is 423 g/mol. The number of carbonyl (C=O) groups excluding carboxylic acids is 1. The molecule has 31 heavy (non-hydrogen) atoms. The van der Waals surface area contributed by atoms with Crippen LogP contribution in [0.4, 0.5) is 4.39 Å². The van der Waals surface area contributed by atoms with Crippen LogP contribution in [0.5, 0.6) is 5.75 Å². The third kappa shape index (κ3) is 5.36. The largest absolute Gasteiger partial charge is 0.506 e. The van der Waals surface area contributed by atoms with Gasteiger partial charge in [-0.2, -0.15) is 5.10 Å².